The summed E-state index contributed by atoms with van der Waals surface area (Å²) in [5.41, 5.74) is 0.280. The number of nitrogens with one attached hydrogen (secondary N) is 1. The second kappa shape index (κ2) is 13.6. The molecule has 0 heterocycles. The molecule has 0 aliphatic rings. The summed E-state index contributed by atoms with van der Waals surface area (Å²) in [6, 6.07) is 18.6. The molecule has 0 spiro atoms. The fourth-order valence-corrected chi connectivity index (χ4v) is 5.62. The highest BCUT2D eigenvalue weighted by molar-refractivity contribution is 7.92. The normalized spacial score (nSPS) is 11.8. The topological polar surface area (TPSA) is 139 Å². The molecule has 212 valence electrons. The van der Waals surface area contributed by atoms with Crippen LogP contribution in [0.1, 0.15) is 25.8 Å². The van der Waals surface area contributed by atoms with Crippen molar-refractivity contribution in [1.29, 1.82) is 0 Å². The van der Waals surface area contributed by atoms with E-state index in [0.717, 1.165) is 10.4 Å². The third-order valence-corrected chi connectivity index (χ3v) is 7.95. The molecule has 0 aliphatic heterocycles. The molecule has 3 rings (SSSR count). The minimum atomic E-state index is -4.33. The van der Waals surface area contributed by atoms with Crippen molar-refractivity contribution < 1.29 is 27.7 Å². The molecule has 11 nitrogen and oxygen atoms in total. The van der Waals surface area contributed by atoms with Gasteiger partial charge in [-0.25, -0.2) is 8.42 Å². The number of non-ortho nitro benzene ring substituents is 1. The highest BCUT2D eigenvalue weighted by atomic mass is 32.2. The predicted molar refractivity (Wildman–Crippen MR) is 150 cm³/mol. The van der Waals surface area contributed by atoms with Crippen LogP contribution in [0.2, 0.25) is 0 Å². The second-order valence-electron chi connectivity index (χ2n) is 8.79. The number of ether oxygens (including phenoxy) is 1. The smallest absolute Gasteiger partial charge is 0.271 e. The summed E-state index contributed by atoms with van der Waals surface area (Å²) in [5, 5.41) is 14.2. The highest BCUT2D eigenvalue weighted by Gasteiger charge is 2.34. The number of anilines is 1. The Morgan fingerprint density at radius 3 is 2.33 bits per heavy atom. The molecule has 0 fully saturated rings. The number of hydrogen-bond donors (Lipinski definition) is 1. The lowest BCUT2D eigenvalue weighted by Gasteiger charge is -2.33. The van der Waals surface area contributed by atoms with E-state index in [4.69, 9.17) is 4.74 Å². The van der Waals surface area contributed by atoms with E-state index in [2.05, 4.69) is 5.32 Å². The number of likely N-dealkylation sites (N-methyl/N-ethyl adjacent to an activating group) is 1. The van der Waals surface area contributed by atoms with Crippen LogP contribution in [0, 0.1) is 10.1 Å². The molecular formula is C28H32N4O7S. The Balaban J connectivity index is 2.10. The van der Waals surface area contributed by atoms with E-state index in [1.165, 1.54) is 54.5 Å². The molecule has 0 aromatic heterocycles. The molecule has 3 aromatic carbocycles. The van der Waals surface area contributed by atoms with Crippen LogP contribution in [0.3, 0.4) is 0 Å². The Kier molecular flexibility index (Phi) is 10.2. The zero-order valence-corrected chi connectivity index (χ0v) is 23.3. The van der Waals surface area contributed by atoms with Crippen LogP contribution in [0.5, 0.6) is 5.75 Å². The lowest BCUT2D eigenvalue weighted by Crippen LogP contribution is -2.52. The van der Waals surface area contributed by atoms with Gasteiger partial charge in [-0.1, -0.05) is 43.3 Å². The number of carbonyl (C=O) groups is 2. The predicted octanol–water partition coefficient (Wildman–Crippen LogP) is 3.74. The van der Waals surface area contributed by atoms with Gasteiger partial charge < -0.3 is 15.0 Å². The van der Waals surface area contributed by atoms with E-state index in [9.17, 15) is 28.1 Å². The summed E-state index contributed by atoms with van der Waals surface area (Å²) in [6.45, 7) is 3.16. The molecule has 0 saturated heterocycles. The zero-order valence-electron chi connectivity index (χ0n) is 22.5. The van der Waals surface area contributed by atoms with Gasteiger partial charge in [0.15, 0.2) is 0 Å². The molecule has 1 atom stereocenters. The van der Waals surface area contributed by atoms with Gasteiger partial charge in [0.1, 0.15) is 18.3 Å². The number of carbonyl (C=O) groups excluding carboxylic acids is 2. The lowest BCUT2D eigenvalue weighted by atomic mass is 10.1. The lowest BCUT2D eigenvalue weighted by molar-refractivity contribution is -0.384. The molecule has 0 unspecified atom stereocenters. The number of nitro benzene ring substituents is 1. The van der Waals surface area contributed by atoms with Gasteiger partial charge in [-0.15, -0.1) is 0 Å². The van der Waals surface area contributed by atoms with Crippen molar-refractivity contribution in [2.45, 2.75) is 37.8 Å². The van der Waals surface area contributed by atoms with Gasteiger partial charge in [-0.05, 0) is 49.2 Å². The quantitative estimate of drug-likeness (QED) is 0.245. The van der Waals surface area contributed by atoms with Crippen molar-refractivity contribution in [3.63, 3.8) is 0 Å². The monoisotopic (exact) mass is 568 g/mol. The average Bonchev–Trinajstić information content (AvgIpc) is 2.96. The molecule has 0 bridgehead atoms. The summed E-state index contributed by atoms with van der Waals surface area (Å²) >= 11 is 0. The van der Waals surface area contributed by atoms with Crippen molar-refractivity contribution in [1.82, 2.24) is 10.2 Å². The van der Waals surface area contributed by atoms with E-state index in [0.29, 0.717) is 17.9 Å². The number of benzene rings is 3. The number of nitro groups is 1. The number of sulfonamides is 1. The van der Waals surface area contributed by atoms with Gasteiger partial charge >= 0.3 is 0 Å². The van der Waals surface area contributed by atoms with Crippen LogP contribution >= 0.6 is 0 Å². The van der Waals surface area contributed by atoms with Gasteiger partial charge in [0.2, 0.25) is 11.8 Å². The summed E-state index contributed by atoms with van der Waals surface area (Å²) in [7, 11) is -2.82. The first kappa shape index (κ1) is 30.1. The van der Waals surface area contributed by atoms with Crippen molar-refractivity contribution in [2.75, 3.05) is 24.5 Å². The Labute approximate surface area is 233 Å². The van der Waals surface area contributed by atoms with Crippen LogP contribution in [-0.2, 0) is 26.2 Å². The van der Waals surface area contributed by atoms with Gasteiger partial charge in [0.25, 0.3) is 15.7 Å². The third kappa shape index (κ3) is 7.14. The second-order valence-corrected chi connectivity index (χ2v) is 10.7. The molecule has 1 N–H and O–H groups in total. The Morgan fingerprint density at radius 1 is 1.00 bits per heavy atom. The van der Waals surface area contributed by atoms with Crippen LogP contribution in [-0.4, -0.2) is 56.3 Å². The van der Waals surface area contributed by atoms with Crippen LogP contribution in [0.15, 0.2) is 83.8 Å². The zero-order chi connectivity index (χ0) is 29.3. The van der Waals surface area contributed by atoms with Gasteiger partial charge in [0, 0.05) is 25.2 Å². The number of hydrogen-bond acceptors (Lipinski definition) is 7. The molecule has 3 aromatic rings. The molecular weight excluding hydrogens is 536 g/mol. The van der Waals surface area contributed by atoms with Crippen molar-refractivity contribution >= 4 is 33.2 Å². The van der Waals surface area contributed by atoms with Crippen LogP contribution in [0.25, 0.3) is 0 Å². The third-order valence-electron chi connectivity index (χ3n) is 6.16. The molecule has 0 aliphatic carbocycles. The SMILES string of the molecule is CCNC(=O)[C@@H](CC)N(Cc1cccc(OC)c1)C(=O)CN(c1cccc([N+](=O)[O-])c1)S(=O)(=O)c1ccccc1. The number of methoxy groups -OCH3 is 1. The van der Waals surface area contributed by atoms with E-state index in [-0.39, 0.29) is 35.1 Å². The van der Waals surface area contributed by atoms with E-state index >= 15 is 0 Å². The molecule has 0 radical (unpaired) electrons. The first-order valence-electron chi connectivity index (χ1n) is 12.6. The maximum absolute atomic E-state index is 14.0. The highest BCUT2D eigenvalue weighted by Crippen LogP contribution is 2.28. The summed E-state index contributed by atoms with van der Waals surface area (Å²) < 4.78 is 33.7. The van der Waals surface area contributed by atoms with Gasteiger partial charge in [0.05, 0.1) is 22.6 Å². The van der Waals surface area contributed by atoms with Gasteiger partial charge in [-0.3, -0.25) is 24.0 Å². The van der Waals surface area contributed by atoms with E-state index < -0.39 is 33.4 Å². The first-order valence-corrected chi connectivity index (χ1v) is 14.1. The maximum atomic E-state index is 14.0. The number of nitrogens with zero attached hydrogens (tertiary/aromatic N) is 3. The number of amides is 2. The molecule has 40 heavy (non-hydrogen) atoms. The molecule has 12 heteroatoms. The van der Waals surface area contributed by atoms with Crippen molar-refractivity contribution in [2.24, 2.45) is 0 Å². The van der Waals surface area contributed by atoms with Crippen molar-refractivity contribution in [3.8, 4) is 5.75 Å². The summed E-state index contributed by atoms with van der Waals surface area (Å²) in [4.78, 5) is 39.0. The first-order chi connectivity index (χ1) is 19.1. The molecule has 0 saturated carbocycles. The summed E-state index contributed by atoms with van der Waals surface area (Å²) in [6.07, 6.45) is 0.268. The Bertz CT molecular complexity index is 1450. The largest absolute Gasteiger partial charge is 0.497 e. The van der Waals surface area contributed by atoms with Gasteiger partial charge in [-0.2, -0.15) is 0 Å². The standard InChI is InChI=1S/C28H32N4O7S/c1-4-26(28(34)29-5-2)30(19-21-11-9-14-24(17-21)39-3)27(33)20-31(22-12-10-13-23(18-22)32(35)36)40(37,38)25-15-7-6-8-16-25/h6-18,26H,4-5,19-20H2,1-3H3,(H,29,34)/t26-/m1/s1. The van der Waals surface area contributed by atoms with Crippen molar-refractivity contribution in [3.05, 3.63) is 94.5 Å². The minimum absolute atomic E-state index is 0.000162. The Hall–Kier alpha value is -4.45. The average molecular weight is 569 g/mol. The molecule has 2 amide bonds. The van der Waals surface area contributed by atoms with E-state index in [1.807, 2.05) is 0 Å². The van der Waals surface area contributed by atoms with Crippen LogP contribution < -0.4 is 14.4 Å². The fraction of sp³-hybridized carbons (Fsp3) is 0.286. The Morgan fingerprint density at radius 2 is 1.70 bits per heavy atom. The van der Waals surface area contributed by atoms with E-state index in [1.54, 1.807) is 44.2 Å². The minimum Gasteiger partial charge on any atom is -0.497 e. The summed E-state index contributed by atoms with van der Waals surface area (Å²) in [5.74, 6) is -0.484. The maximum Gasteiger partial charge on any atom is 0.271 e. The van der Waals surface area contributed by atoms with Crippen LogP contribution in [0.4, 0.5) is 11.4 Å². The fourth-order valence-electron chi connectivity index (χ4n) is 4.19. The number of rotatable bonds is 13.